The molecule has 0 aliphatic heterocycles. The van der Waals surface area contributed by atoms with Gasteiger partial charge in [0, 0.05) is 16.1 Å². The number of benzene rings is 3. The van der Waals surface area contributed by atoms with Crippen LogP contribution in [0.5, 0.6) is 17.2 Å². The van der Waals surface area contributed by atoms with Gasteiger partial charge in [0.15, 0.2) is 11.5 Å². The first-order valence-corrected chi connectivity index (χ1v) is 10.7. The Hall–Kier alpha value is -3.58. The molecule has 0 unspecified atom stereocenters. The highest BCUT2D eigenvalue weighted by Gasteiger charge is 2.11. The van der Waals surface area contributed by atoms with Crippen LogP contribution >= 0.6 is 11.6 Å². The lowest BCUT2D eigenvalue weighted by Gasteiger charge is -2.11. The van der Waals surface area contributed by atoms with Gasteiger partial charge in [-0.15, -0.1) is 0 Å². The first-order chi connectivity index (χ1) is 16.0. The predicted molar refractivity (Wildman–Crippen MR) is 126 cm³/mol. The van der Waals surface area contributed by atoms with Crippen molar-refractivity contribution in [3.05, 3.63) is 88.2 Å². The van der Waals surface area contributed by atoms with Crippen LogP contribution in [0.4, 0.5) is 4.39 Å². The van der Waals surface area contributed by atoms with Crippen LogP contribution < -0.4 is 19.6 Å². The second kappa shape index (κ2) is 11.9. The Morgan fingerprint density at radius 1 is 1.06 bits per heavy atom. The molecule has 3 rings (SSSR count). The van der Waals surface area contributed by atoms with Gasteiger partial charge in [-0.2, -0.15) is 5.10 Å². The summed E-state index contributed by atoms with van der Waals surface area (Å²) in [7, 11) is 1.51. The van der Waals surface area contributed by atoms with E-state index in [1.165, 1.54) is 25.5 Å². The maximum absolute atomic E-state index is 13.4. The van der Waals surface area contributed by atoms with E-state index >= 15 is 0 Å². The van der Waals surface area contributed by atoms with Gasteiger partial charge in [-0.25, -0.2) is 9.82 Å². The van der Waals surface area contributed by atoms with Gasteiger partial charge >= 0.3 is 0 Å². The predicted octanol–water partition coefficient (Wildman–Crippen LogP) is 5.62. The minimum Gasteiger partial charge on any atom is -0.493 e. The van der Waals surface area contributed by atoms with Crippen LogP contribution in [0, 0.1) is 5.82 Å². The molecule has 0 aromatic heterocycles. The molecule has 6 nitrogen and oxygen atoms in total. The summed E-state index contributed by atoms with van der Waals surface area (Å²) in [6, 6.07) is 16.1. The Balaban J connectivity index is 1.68. The van der Waals surface area contributed by atoms with Crippen molar-refractivity contribution in [3.8, 4) is 17.2 Å². The number of hydrogen-bond donors (Lipinski definition) is 1. The Bertz CT molecular complexity index is 1140. The van der Waals surface area contributed by atoms with E-state index in [2.05, 4.69) is 10.5 Å². The van der Waals surface area contributed by atoms with E-state index in [9.17, 15) is 9.18 Å². The Morgan fingerprint density at radius 2 is 1.88 bits per heavy atom. The van der Waals surface area contributed by atoms with Gasteiger partial charge in [-0.1, -0.05) is 30.7 Å². The van der Waals surface area contributed by atoms with Crippen molar-refractivity contribution in [2.45, 2.75) is 20.0 Å². The number of methoxy groups -OCH3 is 1. The van der Waals surface area contributed by atoms with E-state index in [0.717, 1.165) is 6.42 Å². The number of halogens is 2. The average molecular weight is 471 g/mol. The summed E-state index contributed by atoms with van der Waals surface area (Å²) in [5.41, 5.74) is 4.08. The normalized spacial score (nSPS) is 10.8. The van der Waals surface area contributed by atoms with Crippen LogP contribution in [0.15, 0.2) is 65.8 Å². The first-order valence-electron chi connectivity index (χ1n) is 10.3. The number of carbonyl (C=O) groups excluding carboxylic acids is 1. The maximum atomic E-state index is 13.4. The molecule has 3 aromatic carbocycles. The number of nitrogens with one attached hydrogen (secondary N) is 1. The summed E-state index contributed by atoms with van der Waals surface area (Å²) >= 11 is 6.10. The van der Waals surface area contributed by atoms with Crippen LogP contribution in [-0.4, -0.2) is 25.8 Å². The van der Waals surface area contributed by atoms with Crippen molar-refractivity contribution < 1.29 is 23.4 Å². The van der Waals surface area contributed by atoms with E-state index in [1.54, 1.807) is 48.5 Å². The minimum absolute atomic E-state index is 0.166. The molecule has 8 heteroatoms. The molecule has 0 aliphatic rings. The molecule has 1 N–H and O–H groups in total. The lowest BCUT2D eigenvalue weighted by molar-refractivity contribution is 0.0954. The summed E-state index contributed by atoms with van der Waals surface area (Å²) in [6.07, 6.45) is 2.29. The molecule has 1 amide bonds. The molecule has 172 valence electrons. The Labute approximate surface area is 196 Å². The zero-order valence-corrected chi connectivity index (χ0v) is 19.1. The van der Waals surface area contributed by atoms with Crippen molar-refractivity contribution in [3.63, 3.8) is 0 Å². The summed E-state index contributed by atoms with van der Waals surface area (Å²) in [5, 5.41) is 4.50. The zero-order chi connectivity index (χ0) is 23.6. The highest BCUT2D eigenvalue weighted by Crippen LogP contribution is 2.28. The van der Waals surface area contributed by atoms with Crippen molar-refractivity contribution in [2.75, 3.05) is 13.7 Å². The summed E-state index contributed by atoms with van der Waals surface area (Å²) in [5.74, 6) is 0.760. The SMILES string of the molecule is CCCOc1ccc(C(=O)N/N=C/c2cc(Cl)ccc2OCc2cccc(F)c2)cc1OC. The molecule has 0 saturated carbocycles. The third-order valence-electron chi connectivity index (χ3n) is 4.51. The molecule has 0 atom stereocenters. The van der Waals surface area contributed by atoms with Crippen LogP contribution in [0.2, 0.25) is 5.02 Å². The summed E-state index contributed by atoms with van der Waals surface area (Å²) in [4.78, 5) is 12.5. The number of hydrazone groups is 1. The van der Waals surface area contributed by atoms with Gasteiger partial charge in [-0.05, 0) is 60.5 Å². The van der Waals surface area contributed by atoms with E-state index in [0.29, 0.717) is 45.6 Å². The number of amides is 1. The molecule has 0 saturated heterocycles. The number of rotatable bonds is 10. The second-order valence-electron chi connectivity index (χ2n) is 7.01. The van der Waals surface area contributed by atoms with Gasteiger partial charge in [0.25, 0.3) is 5.91 Å². The fourth-order valence-electron chi connectivity index (χ4n) is 2.90. The van der Waals surface area contributed by atoms with Gasteiger partial charge in [0.2, 0.25) is 0 Å². The van der Waals surface area contributed by atoms with E-state index in [-0.39, 0.29) is 12.4 Å². The lowest BCUT2D eigenvalue weighted by atomic mass is 10.2. The van der Waals surface area contributed by atoms with Gasteiger partial charge < -0.3 is 14.2 Å². The molecule has 0 fully saturated rings. The molecule has 33 heavy (non-hydrogen) atoms. The lowest BCUT2D eigenvalue weighted by Crippen LogP contribution is -2.17. The topological polar surface area (TPSA) is 69.2 Å². The van der Waals surface area contributed by atoms with Crippen LogP contribution in [0.25, 0.3) is 0 Å². The third-order valence-corrected chi connectivity index (χ3v) is 4.75. The molecule has 0 spiro atoms. The fourth-order valence-corrected chi connectivity index (χ4v) is 3.09. The first kappa shape index (κ1) is 24.1. The van der Waals surface area contributed by atoms with Crippen molar-refractivity contribution in [1.29, 1.82) is 0 Å². The quantitative estimate of drug-likeness (QED) is 0.308. The van der Waals surface area contributed by atoms with Crippen molar-refractivity contribution in [2.24, 2.45) is 5.10 Å². The molecular formula is C25H24ClFN2O4. The van der Waals surface area contributed by atoms with Crippen LogP contribution in [0.3, 0.4) is 0 Å². The summed E-state index contributed by atoms with van der Waals surface area (Å²) in [6.45, 7) is 2.72. The monoisotopic (exact) mass is 470 g/mol. The molecule has 0 heterocycles. The molecule has 0 aliphatic carbocycles. The standard InChI is InChI=1S/C25H24ClFN2O4/c1-3-11-32-23-9-7-18(14-24(23)31-2)25(30)29-28-15-19-13-20(26)8-10-22(19)33-16-17-5-4-6-21(27)12-17/h4-10,12-15H,3,11,16H2,1-2H3,(H,29,30)/b28-15+. The number of ether oxygens (including phenoxy) is 3. The van der Waals surface area contributed by atoms with E-state index in [4.69, 9.17) is 25.8 Å². The van der Waals surface area contributed by atoms with Crippen LogP contribution in [0.1, 0.15) is 34.8 Å². The van der Waals surface area contributed by atoms with Gasteiger partial charge in [0.05, 0.1) is 19.9 Å². The van der Waals surface area contributed by atoms with Gasteiger partial charge in [0.1, 0.15) is 18.2 Å². The van der Waals surface area contributed by atoms with Gasteiger partial charge in [-0.3, -0.25) is 4.79 Å². The number of hydrogen-bond acceptors (Lipinski definition) is 5. The number of carbonyl (C=O) groups is 1. The van der Waals surface area contributed by atoms with Crippen LogP contribution in [-0.2, 0) is 6.61 Å². The Kier molecular flexibility index (Phi) is 8.66. The smallest absolute Gasteiger partial charge is 0.271 e. The minimum atomic E-state index is -0.421. The highest BCUT2D eigenvalue weighted by molar-refractivity contribution is 6.30. The van der Waals surface area contributed by atoms with Crippen molar-refractivity contribution >= 4 is 23.7 Å². The third kappa shape index (κ3) is 6.95. The average Bonchev–Trinajstić information content (AvgIpc) is 2.82. The molecule has 0 radical (unpaired) electrons. The zero-order valence-electron chi connectivity index (χ0n) is 18.3. The fraction of sp³-hybridized carbons (Fsp3) is 0.200. The second-order valence-corrected chi connectivity index (χ2v) is 7.45. The van der Waals surface area contributed by atoms with Crippen molar-refractivity contribution in [1.82, 2.24) is 5.43 Å². The highest BCUT2D eigenvalue weighted by atomic mass is 35.5. The Morgan fingerprint density at radius 3 is 2.64 bits per heavy atom. The van der Waals surface area contributed by atoms with E-state index in [1.807, 2.05) is 6.92 Å². The number of nitrogens with zero attached hydrogens (tertiary/aromatic N) is 1. The largest absolute Gasteiger partial charge is 0.493 e. The summed E-state index contributed by atoms with van der Waals surface area (Å²) < 4.78 is 30.1. The molecule has 0 bridgehead atoms. The molecular weight excluding hydrogens is 447 g/mol. The molecule has 3 aromatic rings. The maximum Gasteiger partial charge on any atom is 0.271 e. The van der Waals surface area contributed by atoms with E-state index < -0.39 is 5.91 Å².